The minimum absolute atomic E-state index is 0.142. The Kier molecular flexibility index (Phi) is 8.09. The van der Waals surface area contributed by atoms with Crippen LogP contribution in [0.5, 0.6) is 17.2 Å². The van der Waals surface area contributed by atoms with Crippen LogP contribution in [0.4, 0.5) is 0 Å². The van der Waals surface area contributed by atoms with E-state index in [1.54, 1.807) is 24.3 Å². The highest BCUT2D eigenvalue weighted by Gasteiger charge is 2.13. The van der Waals surface area contributed by atoms with Crippen molar-refractivity contribution in [1.82, 2.24) is 5.32 Å². The summed E-state index contributed by atoms with van der Waals surface area (Å²) in [6, 6.07) is 13.2. The molecule has 9 heteroatoms. The average molecular weight is 397 g/mol. The van der Waals surface area contributed by atoms with E-state index < -0.39 is 20.0 Å². The molecule has 0 aliphatic carbocycles. The Hall–Kier alpha value is -2.09. The number of aliphatic hydroxyl groups is 1. The van der Waals surface area contributed by atoms with Crippen molar-refractivity contribution in [3.8, 4) is 17.2 Å². The predicted octanol–water partition coefficient (Wildman–Crippen LogP) is 1.48. The second-order valence-electron chi connectivity index (χ2n) is 5.99. The van der Waals surface area contributed by atoms with Crippen molar-refractivity contribution < 1.29 is 34.0 Å². The molecule has 1 atom stereocenters. The van der Waals surface area contributed by atoms with Gasteiger partial charge in [0.15, 0.2) is 6.35 Å². The van der Waals surface area contributed by atoms with Gasteiger partial charge in [-0.15, -0.1) is 0 Å². The molecule has 0 amide bonds. The molecule has 2 aromatic carbocycles. The first kappa shape index (κ1) is 21.2. The lowest BCUT2D eigenvalue weighted by Crippen LogP contribution is -2.32. The molecule has 27 heavy (non-hydrogen) atoms. The van der Waals surface area contributed by atoms with E-state index in [0.29, 0.717) is 24.6 Å². The molecule has 0 aliphatic rings. The second kappa shape index (κ2) is 10.3. The Bertz CT molecular complexity index is 730. The number of hydrogen-bond acceptors (Lipinski definition) is 6. The quantitative estimate of drug-likeness (QED) is 0.285. The van der Waals surface area contributed by atoms with Gasteiger partial charge in [-0.1, -0.05) is 12.1 Å². The number of hydrogen-bond donors (Lipinski definition) is 5. The van der Waals surface area contributed by atoms with Crippen molar-refractivity contribution in [2.75, 3.05) is 26.0 Å². The third-order valence-corrected chi connectivity index (χ3v) is 4.04. The highest BCUT2D eigenvalue weighted by molar-refractivity contribution is 7.51. The molecule has 0 spiro atoms. The SMILES string of the molecule is O=P(O)(O)COc1ccc(CCNC[C@H](O)COc2ccc(O)cc2)cc1. The topological polar surface area (TPSA) is 128 Å². The first-order valence-electron chi connectivity index (χ1n) is 8.39. The summed E-state index contributed by atoms with van der Waals surface area (Å²) in [4.78, 5) is 17.5. The fraction of sp³-hybridized carbons (Fsp3) is 0.333. The van der Waals surface area contributed by atoms with E-state index >= 15 is 0 Å². The van der Waals surface area contributed by atoms with Gasteiger partial charge in [0.1, 0.15) is 30.0 Å². The average Bonchev–Trinajstić information content (AvgIpc) is 2.63. The van der Waals surface area contributed by atoms with Gasteiger partial charge < -0.3 is 34.8 Å². The molecule has 0 aromatic heterocycles. The van der Waals surface area contributed by atoms with Crippen molar-refractivity contribution in [2.45, 2.75) is 12.5 Å². The van der Waals surface area contributed by atoms with Crippen LogP contribution < -0.4 is 14.8 Å². The summed E-state index contributed by atoms with van der Waals surface area (Å²) in [7, 11) is -4.18. The molecule has 0 bridgehead atoms. The van der Waals surface area contributed by atoms with Crippen molar-refractivity contribution in [3.05, 3.63) is 54.1 Å². The summed E-state index contributed by atoms with van der Waals surface area (Å²) in [5, 5.41) is 22.2. The van der Waals surface area contributed by atoms with Gasteiger partial charge in [0.25, 0.3) is 0 Å². The lowest BCUT2D eigenvalue weighted by molar-refractivity contribution is 0.106. The number of rotatable bonds is 11. The van der Waals surface area contributed by atoms with Gasteiger partial charge >= 0.3 is 7.60 Å². The van der Waals surface area contributed by atoms with Gasteiger partial charge in [-0.05, 0) is 54.9 Å². The van der Waals surface area contributed by atoms with Crippen molar-refractivity contribution in [2.24, 2.45) is 0 Å². The van der Waals surface area contributed by atoms with Gasteiger partial charge in [0.05, 0.1) is 0 Å². The molecule has 0 saturated heterocycles. The minimum Gasteiger partial charge on any atom is -0.508 e. The van der Waals surface area contributed by atoms with E-state index in [1.807, 2.05) is 12.1 Å². The first-order chi connectivity index (χ1) is 12.8. The molecule has 0 fully saturated rings. The number of nitrogens with one attached hydrogen (secondary N) is 1. The van der Waals surface area contributed by atoms with Crippen LogP contribution in [-0.2, 0) is 11.0 Å². The van der Waals surface area contributed by atoms with Crippen LogP contribution >= 0.6 is 7.60 Å². The number of aliphatic hydroxyl groups excluding tert-OH is 1. The maximum Gasteiger partial charge on any atom is 0.362 e. The number of benzene rings is 2. The lowest BCUT2D eigenvalue weighted by Gasteiger charge is -2.13. The summed E-state index contributed by atoms with van der Waals surface area (Å²) < 4.78 is 21.2. The number of phenolic OH excluding ortho intramolecular Hbond substituents is 1. The molecule has 0 aliphatic heterocycles. The Morgan fingerprint density at radius 3 is 2.19 bits per heavy atom. The van der Waals surface area contributed by atoms with Gasteiger partial charge in [-0.25, -0.2) is 0 Å². The second-order valence-corrected chi connectivity index (χ2v) is 7.58. The molecular weight excluding hydrogens is 373 g/mol. The van der Waals surface area contributed by atoms with Gasteiger partial charge in [-0.3, -0.25) is 4.57 Å². The van der Waals surface area contributed by atoms with Crippen molar-refractivity contribution in [1.29, 1.82) is 0 Å². The van der Waals surface area contributed by atoms with E-state index in [2.05, 4.69) is 5.32 Å². The zero-order valence-electron chi connectivity index (χ0n) is 14.7. The Balaban J connectivity index is 1.61. The molecule has 0 unspecified atom stereocenters. The van der Waals surface area contributed by atoms with E-state index in [1.165, 1.54) is 12.1 Å². The molecule has 2 aromatic rings. The third-order valence-electron chi connectivity index (χ3n) is 3.57. The van der Waals surface area contributed by atoms with Crippen LogP contribution in [0.3, 0.4) is 0 Å². The van der Waals surface area contributed by atoms with E-state index in [4.69, 9.17) is 19.3 Å². The highest BCUT2D eigenvalue weighted by atomic mass is 31.2. The van der Waals surface area contributed by atoms with Crippen molar-refractivity contribution >= 4 is 7.60 Å². The summed E-state index contributed by atoms with van der Waals surface area (Å²) in [5.41, 5.74) is 1.03. The fourth-order valence-electron chi connectivity index (χ4n) is 2.21. The van der Waals surface area contributed by atoms with Gasteiger partial charge in [-0.2, -0.15) is 0 Å². The van der Waals surface area contributed by atoms with Crippen LogP contribution in [-0.4, -0.2) is 52.1 Å². The zero-order chi connectivity index (χ0) is 19.7. The van der Waals surface area contributed by atoms with Crippen LogP contribution in [0.15, 0.2) is 48.5 Å². The van der Waals surface area contributed by atoms with Crippen LogP contribution in [0, 0.1) is 0 Å². The maximum atomic E-state index is 10.8. The Morgan fingerprint density at radius 1 is 0.963 bits per heavy atom. The molecular formula is C18H24NO7P. The molecule has 5 N–H and O–H groups in total. The molecule has 148 valence electrons. The fourth-order valence-corrected chi connectivity index (χ4v) is 2.52. The Morgan fingerprint density at radius 2 is 1.56 bits per heavy atom. The van der Waals surface area contributed by atoms with Crippen molar-refractivity contribution in [3.63, 3.8) is 0 Å². The molecule has 2 rings (SSSR count). The largest absolute Gasteiger partial charge is 0.508 e. The number of ether oxygens (including phenoxy) is 2. The zero-order valence-corrected chi connectivity index (χ0v) is 15.6. The van der Waals surface area contributed by atoms with Crippen LogP contribution in [0.1, 0.15) is 5.56 Å². The lowest BCUT2D eigenvalue weighted by atomic mass is 10.1. The third kappa shape index (κ3) is 8.90. The molecule has 0 heterocycles. The summed E-state index contributed by atoms with van der Waals surface area (Å²) in [6.45, 7) is 1.17. The maximum absolute atomic E-state index is 10.8. The summed E-state index contributed by atoms with van der Waals surface area (Å²) >= 11 is 0. The summed E-state index contributed by atoms with van der Waals surface area (Å²) in [5.74, 6) is 1.13. The highest BCUT2D eigenvalue weighted by Crippen LogP contribution is 2.34. The first-order valence-corrected chi connectivity index (χ1v) is 10.2. The summed E-state index contributed by atoms with van der Waals surface area (Å²) in [6.07, 6.45) is -0.579. The molecule has 8 nitrogen and oxygen atoms in total. The minimum atomic E-state index is -4.18. The molecule has 0 radical (unpaired) electrons. The number of aromatic hydroxyl groups is 1. The normalized spacial score (nSPS) is 12.6. The van der Waals surface area contributed by atoms with Gasteiger partial charge in [0.2, 0.25) is 0 Å². The predicted molar refractivity (Wildman–Crippen MR) is 100 cm³/mol. The number of phenols is 1. The Labute approximate surface area is 157 Å². The van der Waals surface area contributed by atoms with Gasteiger partial charge in [0, 0.05) is 6.54 Å². The van der Waals surface area contributed by atoms with E-state index in [9.17, 15) is 14.8 Å². The van der Waals surface area contributed by atoms with Crippen LogP contribution in [0.25, 0.3) is 0 Å². The smallest absolute Gasteiger partial charge is 0.362 e. The monoisotopic (exact) mass is 397 g/mol. The molecule has 0 saturated carbocycles. The van der Waals surface area contributed by atoms with Crippen LogP contribution in [0.2, 0.25) is 0 Å². The standard InChI is InChI=1S/C18H24NO7P/c20-15-3-7-17(8-4-15)25-12-16(21)11-19-10-9-14-1-5-18(6-2-14)26-13-27(22,23)24/h1-8,16,19-21H,9-13H2,(H2,22,23,24)/t16-/m0/s1. The van der Waals surface area contributed by atoms with E-state index in [-0.39, 0.29) is 12.4 Å². The van der Waals surface area contributed by atoms with E-state index in [0.717, 1.165) is 12.0 Å².